The summed E-state index contributed by atoms with van der Waals surface area (Å²) < 4.78 is 16.1. The van der Waals surface area contributed by atoms with Gasteiger partial charge in [0.25, 0.3) is 11.7 Å². The molecule has 1 amide bonds. The van der Waals surface area contributed by atoms with Crippen LogP contribution in [0, 0.1) is 17.3 Å². The molecule has 5 rings (SSSR count). The zero-order valence-electron chi connectivity index (χ0n) is 19.2. The third-order valence-corrected chi connectivity index (χ3v) is 6.10. The summed E-state index contributed by atoms with van der Waals surface area (Å²) in [5.41, 5.74) is 0.935. The van der Waals surface area contributed by atoms with Crippen molar-refractivity contribution < 1.29 is 14.0 Å². The molecule has 12 heteroatoms. The largest absolute Gasteiger partial charge is 0.357 e. The molecule has 0 unspecified atom stereocenters. The van der Waals surface area contributed by atoms with Gasteiger partial charge in [-0.2, -0.15) is 10.3 Å². The lowest BCUT2D eigenvalue weighted by atomic mass is 10.1. The smallest absolute Gasteiger partial charge is 0.295 e. The van der Waals surface area contributed by atoms with Gasteiger partial charge in [-0.3, -0.25) is 9.59 Å². The first-order chi connectivity index (χ1) is 17.5. The zero-order chi connectivity index (χ0) is 25.2. The number of nitriles is 1. The number of aromatic nitrogens is 5. The van der Waals surface area contributed by atoms with Gasteiger partial charge in [-0.15, -0.1) is 5.10 Å². The molecule has 0 spiro atoms. The van der Waals surface area contributed by atoms with Gasteiger partial charge in [0.15, 0.2) is 11.6 Å². The number of carbonyl (C=O) groups is 2. The topological polar surface area (TPSA) is 136 Å². The summed E-state index contributed by atoms with van der Waals surface area (Å²) in [5, 5.41) is 16.7. The number of amides is 1. The number of hydrogen-bond acceptors (Lipinski definition) is 7. The van der Waals surface area contributed by atoms with E-state index in [1.807, 2.05) is 48.3 Å². The number of aromatic amines is 1. The van der Waals surface area contributed by atoms with Crippen molar-refractivity contribution in [1.29, 1.82) is 5.26 Å². The minimum atomic E-state index is -0.829. The summed E-state index contributed by atoms with van der Waals surface area (Å²) in [6.45, 7) is 2.80. The SMILES string of the molecule is C[C@H]1CN(/C(=N/C#N)c2ccccc2)CCN1C(=O)C(=O)c1c[nH]c2c(-n3ccnn3)ncc(F)c12. The van der Waals surface area contributed by atoms with E-state index in [0.717, 1.165) is 11.8 Å². The second kappa shape index (κ2) is 9.38. The van der Waals surface area contributed by atoms with Gasteiger partial charge < -0.3 is 14.8 Å². The van der Waals surface area contributed by atoms with Crippen LogP contribution in [0.4, 0.5) is 4.39 Å². The number of amidine groups is 1. The molecule has 180 valence electrons. The fourth-order valence-electron chi connectivity index (χ4n) is 4.42. The number of fused-ring (bicyclic) bond motifs is 1. The molecule has 1 atom stereocenters. The second-order valence-electron chi connectivity index (χ2n) is 8.25. The number of Topliss-reactive ketones (excluding diaryl/α,β-unsaturated/α-hetero) is 1. The van der Waals surface area contributed by atoms with Gasteiger partial charge in [-0.1, -0.05) is 35.5 Å². The van der Waals surface area contributed by atoms with Crippen LogP contribution in [-0.2, 0) is 4.79 Å². The van der Waals surface area contributed by atoms with Crippen LogP contribution in [0.15, 0.2) is 60.1 Å². The van der Waals surface area contributed by atoms with Gasteiger partial charge in [0.1, 0.15) is 5.84 Å². The van der Waals surface area contributed by atoms with Crippen LogP contribution in [0.3, 0.4) is 0 Å². The fourth-order valence-corrected chi connectivity index (χ4v) is 4.42. The number of piperazine rings is 1. The molecule has 1 N–H and O–H groups in total. The molecule has 0 bridgehead atoms. The van der Waals surface area contributed by atoms with Crippen LogP contribution in [0.25, 0.3) is 16.7 Å². The first-order valence-electron chi connectivity index (χ1n) is 11.1. The number of hydrogen-bond donors (Lipinski definition) is 1. The first-order valence-corrected chi connectivity index (χ1v) is 11.1. The quantitative estimate of drug-likeness (QED) is 0.153. The lowest BCUT2D eigenvalue weighted by molar-refractivity contribution is -0.130. The standard InChI is InChI=1S/C24H20FN9O2/c1-15-13-32(22(29-14-26)16-5-3-2-4-6-16)9-10-33(15)24(36)21(35)17-11-27-20-19(17)18(25)12-28-23(20)34-8-7-30-31-34/h2-8,11-12,15,27H,9-10,13H2,1H3/b29-22+/t15-/m0/s1. The van der Waals surface area contributed by atoms with Crippen molar-refractivity contribution in [2.75, 3.05) is 19.6 Å². The highest BCUT2D eigenvalue weighted by Crippen LogP contribution is 2.26. The average molecular weight is 485 g/mol. The summed E-state index contributed by atoms with van der Waals surface area (Å²) in [5.74, 6) is -1.53. The first kappa shape index (κ1) is 22.9. The molecule has 1 saturated heterocycles. The van der Waals surface area contributed by atoms with Crippen LogP contribution in [0.1, 0.15) is 22.8 Å². The minimum absolute atomic E-state index is 0.0346. The highest BCUT2D eigenvalue weighted by atomic mass is 19.1. The third kappa shape index (κ3) is 3.96. The fraction of sp³-hybridized carbons (Fsp3) is 0.208. The predicted molar refractivity (Wildman–Crippen MR) is 127 cm³/mol. The Bertz CT molecular complexity index is 1510. The number of nitrogens with one attached hydrogen (secondary N) is 1. The van der Waals surface area contributed by atoms with E-state index < -0.39 is 17.5 Å². The monoisotopic (exact) mass is 485 g/mol. The molecule has 3 aromatic heterocycles. The summed E-state index contributed by atoms with van der Waals surface area (Å²) in [6.07, 6.45) is 7.12. The normalized spacial score (nSPS) is 16.2. The molecule has 0 saturated carbocycles. The summed E-state index contributed by atoms with van der Waals surface area (Å²) in [6, 6.07) is 8.94. The Morgan fingerprint density at radius 3 is 2.75 bits per heavy atom. The molecule has 1 aliphatic heterocycles. The molecule has 36 heavy (non-hydrogen) atoms. The van der Waals surface area contributed by atoms with Crippen LogP contribution in [0.5, 0.6) is 0 Å². The molecule has 1 aromatic carbocycles. The molecular formula is C24H20FN9O2. The van der Waals surface area contributed by atoms with Crippen molar-refractivity contribution in [3.8, 4) is 12.0 Å². The number of rotatable bonds is 4. The van der Waals surface area contributed by atoms with Crippen LogP contribution in [-0.4, -0.2) is 78.0 Å². The van der Waals surface area contributed by atoms with E-state index in [0.29, 0.717) is 18.9 Å². The second-order valence-corrected chi connectivity index (χ2v) is 8.25. The van der Waals surface area contributed by atoms with Crippen molar-refractivity contribution in [2.24, 2.45) is 4.99 Å². The number of ketones is 1. The van der Waals surface area contributed by atoms with Gasteiger partial charge in [-0.25, -0.2) is 14.1 Å². The van der Waals surface area contributed by atoms with Crippen molar-refractivity contribution in [1.82, 2.24) is 34.8 Å². The van der Waals surface area contributed by atoms with Crippen molar-refractivity contribution in [2.45, 2.75) is 13.0 Å². The lowest BCUT2D eigenvalue weighted by Crippen LogP contribution is -2.57. The number of pyridine rings is 1. The number of benzene rings is 1. The maximum atomic E-state index is 14.8. The van der Waals surface area contributed by atoms with E-state index in [2.05, 4.69) is 25.3 Å². The average Bonchev–Trinajstić information content (AvgIpc) is 3.58. The number of H-pyrrole nitrogens is 1. The summed E-state index contributed by atoms with van der Waals surface area (Å²) >= 11 is 0. The molecule has 4 heterocycles. The van der Waals surface area contributed by atoms with Gasteiger partial charge >= 0.3 is 0 Å². The summed E-state index contributed by atoms with van der Waals surface area (Å²) in [7, 11) is 0. The van der Waals surface area contributed by atoms with E-state index in [-0.39, 0.29) is 34.9 Å². The van der Waals surface area contributed by atoms with E-state index >= 15 is 0 Å². The number of halogens is 1. The summed E-state index contributed by atoms with van der Waals surface area (Å²) in [4.78, 5) is 40.7. The van der Waals surface area contributed by atoms with E-state index in [1.165, 1.54) is 28.2 Å². The Labute approximate surface area is 204 Å². The van der Waals surface area contributed by atoms with Crippen LogP contribution >= 0.6 is 0 Å². The molecule has 1 fully saturated rings. The van der Waals surface area contributed by atoms with Crippen molar-refractivity contribution >= 4 is 28.4 Å². The Balaban J connectivity index is 1.39. The van der Waals surface area contributed by atoms with Crippen LogP contribution in [0.2, 0.25) is 0 Å². The van der Waals surface area contributed by atoms with Gasteiger partial charge in [-0.05, 0) is 6.92 Å². The molecule has 4 aromatic rings. The molecule has 11 nitrogen and oxygen atoms in total. The minimum Gasteiger partial charge on any atom is -0.357 e. The van der Waals surface area contributed by atoms with E-state index in [9.17, 15) is 19.2 Å². The van der Waals surface area contributed by atoms with Gasteiger partial charge in [0.05, 0.1) is 35.1 Å². The molecule has 1 aliphatic rings. The Morgan fingerprint density at radius 1 is 1.25 bits per heavy atom. The number of nitrogens with zero attached hydrogens (tertiary/aromatic N) is 8. The van der Waals surface area contributed by atoms with Crippen molar-refractivity contribution in [3.63, 3.8) is 0 Å². The maximum absolute atomic E-state index is 14.8. The number of carbonyl (C=O) groups excluding carboxylic acids is 2. The van der Waals surface area contributed by atoms with Gasteiger partial charge in [0, 0.05) is 37.4 Å². The van der Waals surface area contributed by atoms with E-state index in [4.69, 9.17) is 0 Å². The Hall–Kier alpha value is -4.92. The third-order valence-electron chi connectivity index (χ3n) is 6.10. The Kier molecular flexibility index (Phi) is 5.95. The van der Waals surface area contributed by atoms with Crippen molar-refractivity contribution in [3.05, 3.63) is 72.1 Å². The number of aliphatic imine (C=N–C) groups is 1. The highest BCUT2D eigenvalue weighted by Gasteiger charge is 2.34. The predicted octanol–water partition coefficient (Wildman–Crippen LogP) is 1.93. The maximum Gasteiger partial charge on any atom is 0.295 e. The molecule has 0 radical (unpaired) electrons. The lowest BCUT2D eigenvalue weighted by Gasteiger charge is -2.40. The van der Waals surface area contributed by atoms with Crippen LogP contribution < -0.4 is 0 Å². The molecule has 0 aliphatic carbocycles. The van der Waals surface area contributed by atoms with E-state index in [1.54, 1.807) is 0 Å². The van der Waals surface area contributed by atoms with Gasteiger partial charge in [0.2, 0.25) is 6.19 Å². The zero-order valence-corrected chi connectivity index (χ0v) is 19.2. The molecular weight excluding hydrogens is 465 g/mol. The Morgan fingerprint density at radius 2 is 2.06 bits per heavy atom. The highest BCUT2D eigenvalue weighted by molar-refractivity contribution is 6.45.